The van der Waals surface area contributed by atoms with E-state index in [-0.39, 0.29) is 17.7 Å². The number of nitrogens with one attached hydrogen (secondary N) is 1. The third-order valence-electron chi connectivity index (χ3n) is 3.35. The van der Waals surface area contributed by atoms with Crippen molar-refractivity contribution in [1.82, 2.24) is 5.32 Å². The van der Waals surface area contributed by atoms with Gasteiger partial charge in [-0.05, 0) is 66.9 Å². The van der Waals surface area contributed by atoms with Crippen LogP contribution < -0.4 is 5.32 Å². The second-order valence-corrected chi connectivity index (χ2v) is 5.97. The first-order valence-electron chi connectivity index (χ1n) is 6.94. The Morgan fingerprint density at radius 3 is 2.52 bits per heavy atom. The van der Waals surface area contributed by atoms with Gasteiger partial charge < -0.3 is 5.32 Å². The molecular formula is C17H18BrF2N. The topological polar surface area (TPSA) is 12.0 Å². The normalized spacial score (nSPS) is 12.4. The highest BCUT2D eigenvalue weighted by atomic mass is 79.9. The zero-order valence-electron chi connectivity index (χ0n) is 12.1. The molecule has 0 amide bonds. The Morgan fingerprint density at radius 1 is 1.10 bits per heavy atom. The van der Waals surface area contributed by atoms with Crippen molar-refractivity contribution in [3.8, 4) is 0 Å². The Morgan fingerprint density at radius 2 is 1.86 bits per heavy atom. The van der Waals surface area contributed by atoms with Crippen LogP contribution in [0.1, 0.15) is 29.7 Å². The van der Waals surface area contributed by atoms with Crippen molar-refractivity contribution in [2.24, 2.45) is 0 Å². The molecule has 0 saturated carbocycles. The van der Waals surface area contributed by atoms with Gasteiger partial charge in [0.25, 0.3) is 0 Å². The van der Waals surface area contributed by atoms with E-state index in [4.69, 9.17) is 0 Å². The van der Waals surface area contributed by atoms with Gasteiger partial charge >= 0.3 is 0 Å². The van der Waals surface area contributed by atoms with Crippen molar-refractivity contribution >= 4 is 15.9 Å². The van der Waals surface area contributed by atoms with E-state index in [1.165, 1.54) is 24.3 Å². The molecule has 4 heteroatoms. The van der Waals surface area contributed by atoms with Gasteiger partial charge in [0.15, 0.2) is 0 Å². The molecule has 112 valence electrons. The van der Waals surface area contributed by atoms with E-state index in [1.807, 2.05) is 19.9 Å². The van der Waals surface area contributed by atoms with E-state index in [1.54, 1.807) is 6.07 Å². The van der Waals surface area contributed by atoms with E-state index in [2.05, 4.69) is 21.2 Å². The van der Waals surface area contributed by atoms with Crippen LogP contribution in [-0.4, -0.2) is 6.54 Å². The van der Waals surface area contributed by atoms with E-state index in [0.717, 1.165) is 27.7 Å². The number of benzene rings is 2. The minimum absolute atomic E-state index is 0.0532. The van der Waals surface area contributed by atoms with E-state index >= 15 is 0 Å². The Kier molecular flexibility index (Phi) is 5.48. The van der Waals surface area contributed by atoms with Gasteiger partial charge in [-0.1, -0.05) is 28.9 Å². The maximum absolute atomic E-state index is 13.6. The van der Waals surface area contributed by atoms with Gasteiger partial charge in [-0.3, -0.25) is 0 Å². The first-order chi connectivity index (χ1) is 9.99. The molecule has 0 bridgehead atoms. The average molecular weight is 354 g/mol. The van der Waals surface area contributed by atoms with Gasteiger partial charge in [0.05, 0.1) is 0 Å². The van der Waals surface area contributed by atoms with Crippen LogP contribution in [0, 0.1) is 18.6 Å². The molecule has 1 unspecified atom stereocenters. The van der Waals surface area contributed by atoms with Crippen molar-refractivity contribution in [2.45, 2.75) is 26.3 Å². The summed E-state index contributed by atoms with van der Waals surface area (Å²) in [5, 5.41) is 3.34. The van der Waals surface area contributed by atoms with Crippen LogP contribution in [-0.2, 0) is 6.42 Å². The molecule has 0 saturated heterocycles. The highest BCUT2D eigenvalue weighted by molar-refractivity contribution is 9.10. The van der Waals surface area contributed by atoms with Gasteiger partial charge in [0.1, 0.15) is 11.6 Å². The molecule has 0 fully saturated rings. The van der Waals surface area contributed by atoms with Crippen LogP contribution in [0.25, 0.3) is 0 Å². The van der Waals surface area contributed by atoms with E-state index in [0.29, 0.717) is 6.42 Å². The zero-order valence-corrected chi connectivity index (χ0v) is 13.7. The summed E-state index contributed by atoms with van der Waals surface area (Å²) in [6.45, 7) is 4.63. The van der Waals surface area contributed by atoms with Crippen LogP contribution in [0.15, 0.2) is 40.9 Å². The number of halogens is 3. The fourth-order valence-corrected chi connectivity index (χ4v) is 2.85. The van der Waals surface area contributed by atoms with Crippen LogP contribution >= 0.6 is 15.9 Å². The summed E-state index contributed by atoms with van der Waals surface area (Å²) in [6, 6.07) is 9.58. The maximum atomic E-state index is 13.6. The minimum Gasteiger partial charge on any atom is -0.310 e. The number of hydrogen-bond donors (Lipinski definition) is 1. The molecule has 1 N–H and O–H groups in total. The molecule has 0 aliphatic carbocycles. The second kappa shape index (κ2) is 7.14. The van der Waals surface area contributed by atoms with E-state index < -0.39 is 0 Å². The first-order valence-corrected chi connectivity index (χ1v) is 7.73. The van der Waals surface area contributed by atoms with Crippen molar-refractivity contribution in [3.05, 3.63) is 69.2 Å². The molecule has 2 rings (SSSR count). The molecule has 1 atom stereocenters. The summed E-state index contributed by atoms with van der Waals surface area (Å²) in [7, 11) is 0. The summed E-state index contributed by atoms with van der Waals surface area (Å²) >= 11 is 3.44. The summed E-state index contributed by atoms with van der Waals surface area (Å²) in [5.41, 5.74) is 2.62. The van der Waals surface area contributed by atoms with Gasteiger partial charge in [-0.2, -0.15) is 0 Å². The van der Waals surface area contributed by atoms with Crippen LogP contribution in [0.4, 0.5) is 8.78 Å². The molecule has 0 aliphatic rings. The summed E-state index contributed by atoms with van der Waals surface area (Å²) in [4.78, 5) is 0. The number of aryl methyl sites for hydroxylation is 1. The smallest absolute Gasteiger partial charge is 0.123 e. The first kappa shape index (κ1) is 16.1. The van der Waals surface area contributed by atoms with Crippen molar-refractivity contribution in [3.63, 3.8) is 0 Å². The Balaban J connectivity index is 2.32. The largest absolute Gasteiger partial charge is 0.310 e. The maximum Gasteiger partial charge on any atom is 0.123 e. The van der Waals surface area contributed by atoms with Gasteiger partial charge in [0, 0.05) is 10.5 Å². The molecule has 0 spiro atoms. The molecule has 0 radical (unpaired) electrons. The monoisotopic (exact) mass is 353 g/mol. The van der Waals surface area contributed by atoms with Crippen LogP contribution in [0.2, 0.25) is 0 Å². The third-order valence-corrected chi connectivity index (χ3v) is 4.12. The fraction of sp³-hybridized carbons (Fsp3) is 0.294. The molecule has 0 heterocycles. The highest BCUT2D eigenvalue weighted by Gasteiger charge is 2.15. The molecule has 0 aliphatic heterocycles. The van der Waals surface area contributed by atoms with Crippen LogP contribution in [0.3, 0.4) is 0 Å². The summed E-state index contributed by atoms with van der Waals surface area (Å²) < 4.78 is 27.9. The lowest BCUT2D eigenvalue weighted by Crippen LogP contribution is -2.23. The Labute approximate surface area is 132 Å². The Bertz CT molecular complexity index is 608. The highest BCUT2D eigenvalue weighted by Crippen LogP contribution is 2.26. The lowest BCUT2D eigenvalue weighted by atomic mass is 9.97. The summed E-state index contributed by atoms with van der Waals surface area (Å²) in [6.07, 6.45) is 0.592. The van der Waals surface area contributed by atoms with Gasteiger partial charge in [-0.25, -0.2) is 8.78 Å². The average Bonchev–Trinajstić information content (AvgIpc) is 2.41. The third kappa shape index (κ3) is 4.35. The molecule has 21 heavy (non-hydrogen) atoms. The van der Waals surface area contributed by atoms with Gasteiger partial charge in [-0.15, -0.1) is 0 Å². The quantitative estimate of drug-likeness (QED) is 0.803. The molecule has 0 aromatic heterocycles. The summed E-state index contributed by atoms with van der Waals surface area (Å²) in [5.74, 6) is -0.509. The lowest BCUT2D eigenvalue weighted by Gasteiger charge is -2.20. The fourth-order valence-electron chi connectivity index (χ4n) is 2.44. The van der Waals surface area contributed by atoms with Crippen molar-refractivity contribution < 1.29 is 8.78 Å². The number of hydrogen-bond acceptors (Lipinski definition) is 1. The second-order valence-electron chi connectivity index (χ2n) is 5.11. The standard InChI is InChI=1S/C17H18BrF2N/c1-3-21-17(13-6-11(2)7-15(20)9-13)10-12-8-14(19)4-5-16(12)18/h4-9,17,21H,3,10H2,1-2H3. The van der Waals surface area contributed by atoms with Crippen molar-refractivity contribution in [2.75, 3.05) is 6.54 Å². The lowest BCUT2D eigenvalue weighted by molar-refractivity contribution is 0.538. The molecule has 2 aromatic carbocycles. The minimum atomic E-state index is -0.265. The predicted octanol–water partition coefficient (Wildman–Crippen LogP) is 4.93. The molecular weight excluding hydrogens is 336 g/mol. The van der Waals surface area contributed by atoms with Crippen LogP contribution in [0.5, 0.6) is 0 Å². The number of likely N-dealkylation sites (N-methyl/N-ethyl adjacent to an activating group) is 1. The zero-order chi connectivity index (χ0) is 15.4. The van der Waals surface area contributed by atoms with Crippen molar-refractivity contribution in [1.29, 1.82) is 0 Å². The predicted molar refractivity (Wildman–Crippen MR) is 85.4 cm³/mol. The van der Waals surface area contributed by atoms with E-state index in [9.17, 15) is 8.78 Å². The Hall–Kier alpha value is -1.26. The molecule has 1 nitrogen and oxygen atoms in total. The SMILES string of the molecule is CCNC(Cc1cc(F)ccc1Br)c1cc(C)cc(F)c1. The number of rotatable bonds is 5. The molecule has 2 aromatic rings. The van der Waals surface area contributed by atoms with Gasteiger partial charge in [0.2, 0.25) is 0 Å².